The average molecular weight is 340 g/mol. The van der Waals surface area contributed by atoms with E-state index < -0.39 is 5.97 Å². The first kappa shape index (κ1) is 17.0. The third-order valence-corrected chi connectivity index (χ3v) is 4.37. The molecule has 1 aromatic carbocycles. The van der Waals surface area contributed by atoms with Crippen LogP contribution in [0.15, 0.2) is 48.7 Å². The van der Waals surface area contributed by atoms with Gasteiger partial charge in [0.1, 0.15) is 5.75 Å². The van der Waals surface area contributed by atoms with Crippen molar-refractivity contribution in [3.8, 4) is 5.75 Å². The van der Waals surface area contributed by atoms with Crippen LogP contribution in [0, 0.1) is 0 Å². The molecule has 0 aliphatic carbocycles. The van der Waals surface area contributed by atoms with Gasteiger partial charge in [0.25, 0.3) is 0 Å². The fourth-order valence-electron chi connectivity index (χ4n) is 3.17. The zero-order valence-electron chi connectivity index (χ0n) is 14.2. The molecule has 3 rings (SSSR count). The molecular weight excluding hydrogens is 320 g/mol. The van der Waals surface area contributed by atoms with Crippen LogP contribution in [0.4, 0.5) is 0 Å². The molecule has 1 aromatic heterocycles. The lowest BCUT2D eigenvalue weighted by Crippen LogP contribution is -2.32. The summed E-state index contributed by atoms with van der Waals surface area (Å²) in [7, 11) is 1.62. The van der Waals surface area contributed by atoms with Crippen molar-refractivity contribution in [2.75, 3.05) is 13.8 Å². The van der Waals surface area contributed by atoms with Crippen LogP contribution < -0.4 is 4.74 Å². The summed E-state index contributed by atoms with van der Waals surface area (Å²) < 4.78 is 10.3. The van der Waals surface area contributed by atoms with Gasteiger partial charge in [-0.25, -0.2) is 0 Å². The van der Waals surface area contributed by atoms with Gasteiger partial charge >= 0.3 is 5.97 Å². The fourth-order valence-corrected chi connectivity index (χ4v) is 3.17. The maximum absolute atomic E-state index is 12.6. The van der Waals surface area contributed by atoms with Gasteiger partial charge in [-0.3, -0.25) is 14.6 Å². The number of esters is 1. The van der Waals surface area contributed by atoms with E-state index in [9.17, 15) is 9.59 Å². The maximum atomic E-state index is 12.6. The topological polar surface area (TPSA) is 68.7 Å². The van der Waals surface area contributed by atoms with Gasteiger partial charge in [0.2, 0.25) is 5.91 Å². The molecule has 130 valence electrons. The molecule has 1 fully saturated rings. The third-order valence-electron chi connectivity index (χ3n) is 4.37. The summed E-state index contributed by atoms with van der Waals surface area (Å²) in [5.41, 5.74) is 1.80. The number of amides is 1. The number of aromatic nitrogens is 1. The van der Waals surface area contributed by atoms with Crippen LogP contribution >= 0.6 is 0 Å². The number of likely N-dealkylation sites (tertiary alicyclic amines) is 1. The van der Waals surface area contributed by atoms with E-state index in [0.717, 1.165) is 17.0 Å². The first-order valence-corrected chi connectivity index (χ1v) is 8.08. The second-order valence-corrected chi connectivity index (χ2v) is 5.91. The Morgan fingerprint density at radius 3 is 2.60 bits per heavy atom. The van der Waals surface area contributed by atoms with Gasteiger partial charge < -0.3 is 14.4 Å². The number of pyridine rings is 1. The van der Waals surface area contributed by atoms with Crippen molar-refractivity contribution in [1.29, 1.82) is 0 Å². The Labute approximate surface area is 146 Å². The summed E-state index contributed by atoms with van der Waals surface area (Å²) in [5, 5.41) is 0. The summed E-state index contributed by atoms with van der Waals surface area (Å²) in [6.07, 6.45) is 2.04. The monoisotopic (exact) mass is 340 g/mol. The van der Waals surface area contributed by atoms with Crippen molar-refractivity contribution < 1.29 is 19.1 Å². The molecule has 0 bridgehead atoms. The van der Waals surface area contributed by atoms with E-state index in [4.69, 9.17) is 9.47 Å². The molecule has 0 saturated carbocycles. The summed E-state index contributed by atoms with van der Waals surface area (Å²) >= 11 is 0. The van der Waals surface area contributed by atoms with E-state index in [1.165, 1.54) is 6.92 Å². The Hall–Kier alpha value is -2.89. The zero-order valence-corrected chi connectivity index (χ0v) is 14.2. The van der Waals surface area contributed by atoms with Crippen LogP contribution in [0.3, 0.4) is 0 Å². The molecule has 0 radical (unpaired) electrons. The van der Waals surface area contributed by atoms with E-state index in [1.54, 1.807) is 18.2 Å². The second kappa shape index (κ2) is 7.34. The van der Waals surface area contributed by atoms with E-state index >= 15 is 0 Å². The van der Waals surface area contributed by atoms with E-state index in [-0.39, 0.29) is 24.6 Å². The summed E-state index contributed by atoms with van der Waals surface area (Å²) in [6, 6.07) is 13.0. The molecule has 1 amide bonds. The number of carbonyl (C=O) groups excluding carboxylic acids is 2. The molecule has 2 atom stereocenters. The molecule has 1 aliphatic heterocycles. The number of ether oxygens (including phenoxy) is 2. The van der Waals surface area contributed by atoms with E-state index in [0.29, 0.717) is 6.42 Å². The van der Waals surface area contributed by atoms with Gasteiger partial charge in [-0.1, -0.05) is 18.2 Å². The first-order chi connectivity index (χ1) is 12.1. The second-order valence-electron chi connectivity index (χ2n) is 5.91. The molecule has 6 nitrogen and oxygen atoms in total. The summed E-state index contributed by atoms with van der Waals surface area (Å²) in [4.78, 5) is 29.7. The van der Waals surface area contributed by atoms with Crippen molar-refractivity contribution >= 4 is 11.9 Å². The quantitative estimate of drug-likeness (QED) is 0.783. The predicted octanol–water partition coefficient (Wildman–Crippen LogP) is 2.67. The molecule has 1 saturated heterocycles. The molecular formula is C19H20N2O4. The van der Waals surface area contributed by atoms with Crippen LogP contribution in [0.5, 0.6) is 5.75 Å². The Morgan fingerprint density at radius 2 is 2.00 bits per heavy atom. The van der Waals surface area contributed by atoms with Gasteiger partial charge in [0.05, 0.1) is 18.8 Å². The fraction of sp³-hybridized carbons (Fsp3) is 0.316. The third kappa shape index (κ3) is 3.63. The Bertz CT molecular complexity index is 746. The number of rotatable bonds is 5. The van der Waals surface area contributed by atoms with Gasteiger partial charge in [-0.15, -0.1) is 0 Å². The number of hydrogen-bond donors (Lipinski definition) is 0. The average Bonchev–Trinajstić information content (AvgIpc) is 2.97. The van der Waals surface area contributed by atoms with Crippen molar-refractivity contribution in [3.63, 3.8) is 0 Å². The lowest BCUT2D eigenvalue weighted by molar-refractivity contribution is -0.150. The highest BCUT2D eigenvalue weighted by Gasteiger charge is 2.42. The molecule has 1 aliphatic rings. The summed E-state index contributed by atoms with van der Waals surface area (Å²) in [5.74, 6) is 0.223. The van der Waals surface area contributed by atoms with Gasteiger partial charge in [-0.05, 0) is 29.8 Å². The largest absolute Gasteiger partial charge is 0.497 e. The van der Waals surface area contributed by atoms with Gasteiger partial charge in [0, 0.05) is 25.5 Å². The minimum atomic E-state index is -0.416. The van der Waals surface area contributed by atoms with Crippen molar-refractivity contribution in [1.82, 2.24) is 9.88 Å². The molecule has 2 aromatic rings. The highest BCUT2D eigenvalue weighted by molar-refractivity contribution is 5.81. The van der Waals surface area contributed by atoms with Crippen molar-refractivity contribution in [3.05, 3.63) is 59.9 Å². The first-order valence-electron chi connectivity index (χ1n) is 8.08. The minimum absolute atomic E-state index is 0.0577. The lowest BCUT2D eigenvalue weighted by atomic mass is 9.89. The molecule has 0 N–H and O–H groups in total. The minimum Gasteiger partial charge on any atom is -0.497 e. The smallest absolute Gasteiger partial charge is 0.304 e. The van der Waals surface area contributed by atoms with Crippen LogP contribution in [0.2, 0.25) is 0 Å². The van der Waals surface area contributed by atoms with Crippen molar-refractivity contribution in [2.24, 2.45) is 0 Å². The molecule has 6 heteroatoms. The number of hydrogen-bond acceptors (Lipinski definition) is 5. The number of carbonyl (C=O) groups is 2. The SMILES string of the molecule is COc1ccc([C@H]2CC(=O)N(COC(C)=O)[C@@H]2c2ccccn2)cc1. The van der Waals surface area contributed by atoms with Gasteiger partial charge in [-0.2, -0.15) is 0 Å². The summed E-state index contributed by atoms with van der Waals surface area (Å²) in [6.45, 7) is 1.26. The molecule has 0 spiro atoms. The normalized spacial score (nSPS) is 19.8. The standard InChI is InChI=1S/C19H20N2O4/c1-13(22)25-12-21-18(23)11-16(14-6-8-15(24-2)9-7-14)19(21)17-5-3-4-10-20-17/h3-10,16,19H,11-12H2,1-2H3/t16-,19+/m1/s1. The predicted molar refractivity (Wildman–Crippen MR) is 90.8 cm³/mol. The van der Waals surface area contributed by atoms with Crippen LogP contribution in [0.25, 0.3) is 0 Å². The lowest BCUT2D eigenvalue weighted by Gasteiger charge is -2.27. The number of benzene rings is 1. The maximum Gasteiger partial charge on any atom is 0.304 e. The van der Waals surface area contributed by atoms with Crippen LogP contribution in [-0.4, -0.2) is 35.6 Å². The molecule has 2 heterocycles. The Balaban J connectivity index is 1.95. The van der Waals surface area contributed by atoms with Crippen molar-refractivity contribution in [2.45, 2.75) is 25.3 Å². The molecule has 25 heavy (non-hydrogen) atoms. The highest BCUT2D eigenvalue weighted by atomic mass is 16.5. The number of nitrogens with zero attached hydrogens (tertiary/aromatic N) is 2. The highest BCUT2D eigenvalue weighted by Crippen LogP contribution is 2.43. The number of methoxy groups -OCH3 is 1. The van der Waals surface area contributed by atoms with Crippen LogP contribution in [0.1, 0.15) is 36.6 Å². The Kier molecular flexibility index (Phi) is 4.97. The Morgan fingerprint density at radius 1 is 1.24 bits per heavy atom. The van der Waals surface area contributed by atoms with E-state index in [1.807, 2.05) is 42.5 Å². The van der Waals surface area contributed by atoms with Crippen LogP contribution in [-0.2, 0) is 14.3 Å². The molecule has 0 unspecified atom stereocenters. The van der Waals surface area contributed by atoms with Gasteiger partial charge in [0.15, 0.2) is 6.73 Å². The van der Waals surface area contributed by atoms with E-state index in [2.05, 4.69) is 4.98 Å². The zero-order chi connectivity index (χ0) is 17.8.